The number of carbonyl (C=O) groups is 1. The van der Waals surface area contributed by atoms with Gasteiger partial charge in [-0.05, 0) is 49.7 Å². The molecule has 1 aromatic carbocycles. The number of benzene rings is 1. The van der Waals surface area contributed by atoms with Crippen LogP contribution < -0.4 is 15.8 Å². The van der Waals surface area contributed by atoms with Crippen molar-refractivity contribution in [1.82, 2.24) is 15.0 Å². The normalized spacial score (nSPS) is 10.6. The number of hydrogen-bond donors (Lipinski definition) is 2. The number of anilines is 2. The van der Waals surface area contributed by atoms with Gasteiger partial charge in [-0.2, -0.15) is 0 Å². The molecule has 3 aromatic rings. The third-order valence-corrected chi connectivity index (χ3v) is 4.46. The van der Waals surface area contributed by atoms with Gasteiger partial charge in [-0.3, -0.25) is 14.6 Å². The maximum Gasteiger partial charge on any atom is 0.255 e. The van der Waals surface area contributed by atoms with Crippen LogP contribution in [0.15, 0.2) is 47.5 Å². The van der Waals surface area contributed by atoms with Crippen LogP contribution >= 0.6 is 0 Å². The predicted molar refractivity (Wildman–Crippen MR) is 111 cm³/mol. The molecule has 0 fully saturated rings. The fourth-order valence-electron chi connectivity index (χ4n) is 3.06. The van der Waals surface area contributed by atoms with E-state index in [1.165, 1.54) is 0 Å². The Hall–Kier alpha value is -3.48. The number of pyridine rings is 1. The topological polar surface area (TPSA) is 91.0 Å². The van der Waals surface area contributed by atoms with Crippen molar-refractivity contribution in [2.45, 2.75) is 20.3 Å². The van der Waals surface area contributed by atoms with Crippen molar-refractivity contribution in [3.8, 4) is 11.4 Å². The van der Waals surface area contributed by atoms with Crippen molar-refractivity contribution in [3.05, 3.63) is 69.9 Å². The molecule has 2 heterocycles. The van der Waals surface area contributed by atoms with E-state index in [2.05, 4.69) is 20.3 Å². The Bertz CT molecular complexity index is 1060. The fraction of sp³-hybridized carbons (Fsp3) is 0.238. The van der Waals surface area contributed by atoms with Crippen LogP contribution in [0.25, 0.3) is 11.4 Å². The second kappa shape index (κ2) is 8.04. The second-order valence-corrected chi connectivity index (χ2v) is 6.84. The first-order valence-electron chi connectivity index (χ1n) is 8.93. The summed E-state index contributed by atoms with van der Waals surface area (Å²) in [6.07, 6.45) is 3.24. The van der Waals surface area contributed by atoms with Gasteiger partial charge in [-0.1, -0.05) is 0 Å². The number of hydrogen-bond acceptors (Lipinski definition) is 5. The lowest BCUT2D eigenvalue weighted by atomic mass is 10.1. The number of amides is 1. The van der Waals surface area contributed by atoms with Gasteiger partial charge in [0.1, 0.15) is 5.82 Å². The lowest BCUT2D eigenvalue weighted by Crippen LogP contribution is -2.24. The predicted octanol–water partition coefficient (Wildman–Crippen LogP) is 2.70. The van der Waals surface area contributed by atoms with E-state index in [0.29, 0.717) is 22.8 Å². The van der Waals surface area contributed by atoms with E-state index in [0.717, 1.165) is 16.8 Å². The van der Waals surface area contributed by atoms with Crippen molar-refractivity contribution in [2.75, 3.05) is 24.3 Å². The molecule has 144 valence electrons. The molecule has 3 rings (SSSR count). The molecule has 0 saturated heterocycles. The average Bonchev–Trinajstić information content (AvgIpc) is 2.65. The van der Waals surface area contributed by atoms with Crippen LogP contribution in [0.1, 0.15) is 16.8 Å². The highest BCUT2D eigenvalue weighted by Gasteiger charge is 2.14. The molecule has 0 bridgehead atoms. The van der Waals surface area contributed by atoms with Crippen molar-refractivity contribution in [2.24, 2.45) is 0 Å². The van der Waals surface area contributed by atoms with Gasteiger partial charge in [0.15, 0.2) is 0 Å². The third kappa shape index (κ3) is 4.25. The first kappa shape index (κ1) is 19.3. The van der Waals surface area contributed by atoms with Crippen LogP contribution in [0.4, 0.5) is 11.4 Å². The van der Waals surface area contributed by atoms with Gasteiger partial charge in [0, 0.05) is 54.7 Å². The summed E-state index contributed by atoms with van der Waals surface area (Å²) in [7, 11) is 3.94. The highest BCUT2D eigenvalue weighted by molar-refractivity contribution is 5.92. The van der Waals surface area contributed by atoms with Crippen LogP contribution in [-0.2, 0) is 11.2 Å². The average molecular weight is 377 g/mol. The summed E-state index contributed by atoms with van der Waals surface area (Å²) in [5.74, 6) is 0.177. The zero-order valence-corrected chi connectivity index (χ0v) is 16.4. The van der Waals surface area contributed by atoms with E-state index < -0.39 is 0 Å². The van der Waals surface area contributed by atoms with Gasteiger partial charge in [-0.25, -0.2) is 4.98 Å². The molecule has 0 aliphatic rings. The maximum atomic E-state index is 12.5. The second-order valence-electron chi connectivity index (χ2n) is 6.84. The summed E-state index contributed by atoms with van der Waals surface area (Å²) >= 11 is 0. The van der Waals surface area contributed by atoms with Crippen LogP contribution in [0.3, 0.4) is 0 Å². The fourth-order valence-corrected chi connectivity index (χ4v) is 3.06. The van der Waals surface area contributed by atoms with Gasteiger partial charge < -0.3 is 15.2 Å². The minimum absolute atomic E-state index is 0.0457. The van der Waals surface area contributed by atoms with E-state index in [9.17, 15) is 9.59 Å². The van der Waals surface area contributed by atoms with Crippen molar-refractivity contribution in [1.29, 1.82) is 0 Å². The van der Waals surface area contributed by atoms with Gasteiger partial charge in [-0.15, -0.1) is 0 Å². The summed E-state index contributed by atoms with van der Waals surface area (Å²) in [4.78, 5) is 38.2. The van der Waals surface area contributed by atoms with Crippen LogP contribution in [0.2, 0.25) is 0 Å². The zero-order chi connectivity index (χ0) is 20.3. The molecule has 0 aliphatic carbocycles. The molecule has 2 N–H and O–H groups in total. The third-order valence-electron chi connectivity index (χ3n) is 4.46. The molecule has 7 heteroatoms. The monoisotopic (exact) mass is 377 g/mol. The minimum atomic E-state index is -0.319. The summed E-state index contributed by atoms with van der Waals surface area (Å²) in [6.45, 7) is 3.72. The summed E-state index contributed by atoms with van der Waals surface area (Å²) in [5.41, 5.74) is 4.11. The molecular weight excluding hydrogens is 354 g/mol. The van der Waals surface area contributed by atoms with E-state index in [1.807, 2.05) is 50.2 Å². The highest BCUT2D eigenvalue weighted by atomic mass is 16.2. The summed E-state index contributed by atoms with van der Waals surface area (Å²) < 4.78 is 0. The van der Waals surface area contributed by atoms with Gasteiger partial charge >= 0.3 is 0 Å². The number of nitrogens with one attached hydrogen (secondary N) is 2. The first-order chi connectivity index (χ1) is 13.3. The standard InChI is InChI=1S/C21H23N5O2/c1-13-10-16(7-8-18(13)26(3)4)24-19(27)11-17-14(2)23-20(25-21(17)28)15-6-5-9-22-12-15/h5-10,12H,11H2,1-4H3,(H,24,27)(H,23,25,28). The number of rotatable bonds is 5. The van der Waals surface area contributed by atoms with E-state index in [-0.39, 0.29) is 17.9 Å². The molecule has 2 aromatic heterocycles. The van der Waals surface area contributed by atoms with Gasteiger partial charge in [0.05, 0.1) is 6.42 Å². The largest absolute Gasteiger partial charge is 0.377 e. The number of aromatic amines is 1. The quantitative estimate of drug-likeness (QED) is 0.713. The Kier molecular flexibility index (Phi) is 5.54. The van der Waals surface area contributed by atoms with E-state index in [1.54, 1.807) is 25.4 Å². The van der Waals surface area contributed by atoms with Crippen molar-refractivity contribution >= 4 is 17.3 Å². The Morgan fingerprint density at radius 2 is 2.00 bits per heavy atom. The number of aromatic nitrogens is 3. The van der Waals surface area contributed by atoms with Crippen molar-refractivity contribution in [3.63, 3.8) is 0 Å². The van der Waals surface area contributed by atoms with Gasteiger partial charge in [0.2, 0.25) is 5.91 Å². The van der Waals surface area contributed by atoms with Crippen LogP contribution in [-0.4, -0.2) is 35.0 Å². The zero-order valence-electron chi connectivity index (χ0n) is 16.4. The van der Waals surface area contributed by atoms with Crippen molar-refractivity contribution < 1.29 is 4.79 Å². The molecule has 0 unspecified atom stereocenters. The molecule has 0 aliphatic heterocycles. The molecular formula is C21H23N5O2. The number of nitrogens with zero attached hydrogens (tertiary/aromatic N) is 3. The van der Waals surface area contributed by atoms with Crippen LogP contribution in [0, 0.1) is 13.8 Å². The maximum absolute atomic E-state index is 12.5. The summed E-state index contributed by atoms with van der Waals surface area (Å²) in [6, 6.07) is 9.30. The molecule has 0 radical (unpaired) electrons. The smallest absolute Gasteiger partial charge is 0.255 e. The molecule has 0 saturated carbocycles. The number of H-pyrrole nitrogens is 1. The Morgan fingerprint density at radius 3 is 2.61 bits per heavy atom. The lowest BCUT2D eigenvalue weighted by Gasteiger charge is -2.16. The van der Waals surface area contributed by atoms with E-state index >= 15 is 0 Å². The molecule has 28 heavy (non-hydrogen) atoms. The highest BCUT2D eigenvalue weighted by Crippen LogP contribution is 2.22. The Morgan fingerprint density at radius 1 is 1.21 bits per heavy atom. The molecule has 1 amide bonds. The number of carbonyl (C=O) groups excluding carboxylic acids is 1. The molecule has 7 nitrogen and oxygen atoms in total. The SMILES string of the molecule is Cc1cc(NC(=O)Cc2c(C)nc(-c3cccnc3)[nH]c2=O)ccc1N(C)C. The minimum Gasteiger partial charge on any atom is -0.377 e. The lowest BCUT2D eigenvalue weighted by molar-refractivity contribution is -0.115. The van der Waals surface area contributed by atoms with Gasteiger partial charge in [0.25, 0.3) is 5.56 Å². The van der Waals surface area contributed by atoms with E-state index in [4.69, 9.17) is 0 Å². The molecule has 0 spiro atoms. The Labute approximate surface area is 163 Å². The Balaban J connectivity index is 1.77. The van der Waals surface area contributed by atoms with Crippen LogP contribution in [0.5, 0.6) is 0 Å². The summed E-state index contributed by atoms with van der Waals surface area (Å²) in [5, 5.41) is 2.85. The molecule has 0 atom stereocenters. The first-order valence-corrected chi connectivity index (χ1v) is 8.93. The number of aryl methyl sites for hydroxylation is 2.